The SMILES string of the molecule is COc1ccccc1N1CCN(c2ccc3nnc(C(C)(C)C)n3n2)CC1. The summed E-state index contributed by atoms with van der Waals surface area (Å²) in [7, 11) is 1.72. The highest BCUT2D eigenvalue weighted by Gasteiger charge is 2.24. The predicted octanol–water partition coefficient (Wildman–Crippen LogP) is 2.76. The van der Waals surface area contributed by atoms with Crippen LogP contribution in [0.4, 0.5) is 11.5 Å². The van der Waals surface area contributed by atoms with Gasteiger partial charge in [-0.05, 0) is 24.3 Å². The lowest BCUT2D eigenvalue weighted by Gasteiger charge is -2.37. The molecule has 0 aliphatic carbocycles. The molecule has 0 saturated carbocycles. The van der Waals surface area contributed by atoms with E-state index in [0.717, 1.165) is 54.9 Å². The van der Waals surface area contributed by atoms with Crippen LogP contribution in [-0.4, -0.2) is 53.1 Å². The lowest BCUT2D eigenvalue weighted by molar-refractivity contribution is 0.413. The fraction of sp³-hybridized carbons (Fsp3) is 0.450. The Morgan fingerprint density at radius 2 is 1.59 bits per heavy atom. The Hall–Kier alpha value is -2.83. The van der Waals surface area contributed by atoms with Gasteiger partial charge in [-0.25, -0.2) is 0 Å². The largest absolute Gasteiger partial charge is 0.495 e. The monoisotopic (exact) mass is 366 g/mol. The number of anilines is 2. The topological polar surface area (TPSA) is 58.8 Å². The Labute approximate surface area is 159 Å². The molecule has 0 bridgehead atoms. The highest BCUT2D eigenvalue weighted by molar-refractivity contribution is 5.59. The van der Waals surface area contributed by atoms with Crippen molar-refractivity contribution in [2.24, 2.45) is 0 Å². The number of hydrogen-bond donors (Lipinski definition) is 0. The minimum atomic E-state index is -0.104. The van der Waals surface area contributed by atoms with Crippen molar-refractivity contribution in [2.45, 2.75) is 26.2 Å². The van der Waals surface area contributed by atoms with Crippen LogP contribution in [0.15, 0.2) is 36.4 Å². The third-order valence-electron chi connectivity index (χ3n) is 4.95. The van der Waals surface area contributed by atoms with Gasteiger partial charge in [0, 0.05) is 31.6 Å². The van der Waals surface area contributed by atoms with Crippen molar-refractivity contribution < 1.29 is 4.74 Å². The second kappa shape index (κ2) is 6.72. The number of fused-ring (bicyclic) bond motifs is 1. The molecule has 1 saturated heterocycles. The van der Waals surface area contributed by atoms with E-state index in [1.54, 1.807) is 7.11 Å². The molecule has 1 aliphatic heterocycles. The fourth-order valence-corrected chi connectivity index (χ4v) is 3.48. The van der Waals surface area contributed by atoms with Crippen LogP contribution in [0.5, 0.6) is 5.75 Å². The third-order valence-corrected chi connectivity index (χ3v) is 4.95. The standard InChI is InChI=1S/C20H26N6O/c1-20(2,3)19-22-21-17-9-10-18(23-26(17)19)25-13-11-24(12-14-25)15-7-5-6-8-16(15)27-4/h5-10H,11-14H2,1-4H3. The smallest absolute Gasteiger partial charge is 0.178 e. The van der Waals surface area contributed by atoms with Crippen LogP contribution in [0.3, 0.4) is 0 Å². The van der Waals surface area contributed by atoms with E-state index in [0.29, 0.717) is 0 Å². The molecule has 0 N–H and O–H groups in total. The molecule has 1 aliphatic rings. The van der Waals surface area contributed by atoms with Gasteiger partial charge in [0.05, 0.1) is 12.8 Å². The number of hydrogen-bond acceptors (Lipinski definition) is 6. The van der Waals surface area contributed by atoms with Gasteiger partial charge in [-0.3, -0.25) is 0 Å². The summed E-state index contributed by atoms with van der Waals surface area (Å²) in [5.74, 6) is 2.77. The Kier molecular flexibility index (Phi) is 4.37. The Balaban J connectivity index is 1.54. The highest BCUT2D eigenvalue weighted by atomic mass is 16.5. The summed E-state index contributed by atoms with van der Waals surface area (Å²) in [5.41, 5.74) is 1.83. The molecule has 27 heavy (non-hydrogen) atoms. The van der Waals surface area contributed by atoms with E-state index in [2.05, 4.69) is 52.9 Å². The Morgan fingerprint density at radius 3 is 2.30 bits per heavy atom. The van der Waals surface area contributed by atoms with Gasteiger partial charge in [-0.15, -0.1) is 15.3 Å². The van der Waals surface area contributed by atoms with Crippen molar-refractivity contribution in [1.29, 1.82) is 0 Å². The molecule has 0 amide bonds. The summed E-state index contributed by atoms with van der Waals surface area (Å²) in [6.07, 6.45) is 0. The first-order valence-electron chi connectivity index (χ1n) is 9.33. The van der Waals surface area contributed by atoms with Crippen LogP contribution in [0, 0.1) is 0 Å². The molecule has 0 radical (unpaired) electrons. The van der Waals surface area contributed by atoms with Crippen LogP contribution < -0.4 is 14.5 Å². The molecule has 3 aromatic rings. The first-order chi connectivity index (χ1) is 13.0. The highest BCUT2D eigenvalue weighted by Crippen LogP contribution is 2.29. The minimum Gasteiger partial charge on any atom is -0.495 e. The summed E-state index contributed by atoms with van der Waals surface area (Å²) in [6.45, 7) is 10.0. The quantitative estimate of drug-likeness (QED) is 0.710. The maximum atomic E-state index is 5.51. The van der Waals surface area contributed by atoms with Crippen molar-refractivity contribution in [3.05, 3.63) is 42.2 Å². The summed E-state index contributed by atoms with van der Waals surface area (Å²) in [6, 6.07) is 12.2. The average molecular weight is 366 g/mol. The van der Waals surface area contributed by atoms with E-state index < -0.39 is 0 Å². The van der Waals surface area contributed by atoms with Gasteiger partial charge in [0.15, 0.2) is 11.5 Å². The van der Waals surface area contributed by atoms with E-state index >= 15 is 0 Å². The first-order valence-corrected chi connectivity index (χ1v) is 9.33. The van der Waals surface area contributed by atoms with Crippen LogP contribution in [0.1, 0.15) is 26.6 Å². The van der Waals surface area contributed by atoms with Crippen molar-refractivity contribution >= 4 is 17.2 Å². The average Bonchev–Trinajstić information content (AvgIpc) is 3.12. The number of para-hydroxylation sites is 2. The van der Waals surface area contributed by atoms with E-state index in [4.69, 9.17) is 9.84 Å². The lowest BCUT2D eigenvalue weighted by atomic mass is 9.96. The van der Waals surface area contributed by atoms with Crippen LogP contribution in [0.2, 0.25) is 0 Å². The molecule has 7 nitrogen and oxygen atoms in total. The maximum Gasteiger partial charge on any atom is 0.178 e. The zero-order valence-electron chi connectivity index (χ0n) is 16.4. The number of ether oxygens (including phenoxy) is 1. The fourth-order valence-electron chi connectivity index (χ4n) is 3.48. The number of piperazine rings is 1. The first kappa shape index (κ1) is 17.6. The molecule has 0 atom stereocenters. The summed E-state index contributed by atoms with van der Waals surface area (Å²) < 4.78 is 7.39. The zero-order valence-corrected chi connectivity index (χ0v) is 16.4. The zero-order chi connectivity index (χ0) is 19.0. The normalized spacial score (nSPS) is 15.4. The summed E-state index contributed by atoms with van der Waals surface area (Å²) >= 11 is 0. The molecular formula is C20H26N6O. The van der Waals surface area contributed by atoms with Crippen LogP contribution >= 0.6 is 0 Å². The van der Waals surface area contributed by atoms with Crippen molar-refractivity contribution in [3.63, 3.8) is 0 Å². The van der Waals surface area contributed by atoms with Gasteiger partial charge in [0.1, 0.15) is 11.6 Å². The number of rotatable bonds is 3. The number of benzene rings is 1. The van der Waals surface area contributed by atoms with Crippen molar-refractivity contribution in [3.8, 4) is 5.75 Å². The maximum absolute atomic E-state index is 5.51. The Morgan fingerprint density at radius 1 is 0.889 bits per heavy atom. The van der Waals surface area contributed by atoms with Gasteiger partial charge in [-0.1, -0.05) is 32.9 Å². The Bertz CT molecular complexity index is 937. The van der Waals surface area contributed by atoms with E-state index in [1.807, 2.05) is 28.8 Å². The predicted molar refractivity (Wildman–Crippen MR) is 107 cm³/mol. The number of nitrogens with zero attached hydrogens (tertiary/aromatic N) is 6. The van der Waals surface area contributed by atoms with Gasteiger partial charge < -0.3 is 14.5 Å². The molecule has 142 valence electrons. The molecule has 0 unspecified atom stereocenters. The molecule has 4 rings (SSSR count). The third kappa shape index (κ3) is 3.29. The minimum absolute atomic E-state index is 0.104. The molecule has 1 aromatic carbocycles. The van der Waals surface area contributed by atoms with Gasteiger partial charge in [0.2, 0.25) is 0 Å². The van der Waals surface area contributed by atoms with E-state index in [1.165, 1.54) is 0 Å². The van der Waals surface area contributed by atoms with E-state index in [9.17, 15) is 0 Å². The summed E-state index contributed by atoms with van der Waals surface area (Å²) in [5, 5.41) is 13.4. The molecule has 7 heteroatoms. The number of aromatic nitrogens is 4. The second-order valence-corrected chi connectivity index (χ2v) is 7.88. The molecule has 2 aromatic heterocycles. The molecular weight excluding hydrogens is 340 g/mol. The van der Waals surface area contributed by atoms with Gasteiger partial charge >= 0.3 is 0 Å². The lowest BCUT2D eigenvalue weighted by Crippen LogP contribution is -2.47. The number of methoxy groups -OCH3 is 1. The second-order valence-electron chi connectivity index (χ2n) is 7.88. The molecule has 1 fully saturated rings. The van der Waals surface area contributed by atoms with Gasteiger partial charge in [0.25, 0.3) is 0 Å². The van der Waals surface area contributed by atoms with Crippen LogP contribution in [0.25, 0.3) is 5.65 Å². The molecule has 0 spiro atoms. The van der Waals surface area contributed by atoms with Crippen molar-refractivity contribution in [2.75, 3.05) is 43.1 Å². The molecule has 3 heterocycles. The van der Waals surface area contributed by atoms with Gasteiger partial charge in [-0.2, -0.15) is 4.52 Å². The summed E-state index contributed by atoms with van der Waals surface area (Å²) in [4.78, 5) is 4.69. The van der Waals surface area contributed by atoms with Crippen molar-refractivity contribution in [1.82, 2.24) is 19.8 Å². The van der Waals surface area contributed by atoms with E-state index in [-0.39, 0.29) is 5.41 Å². The van der Waals surface area contributed by atoms with Crippen LogP contribution in [-0.2, 0) is 5.41 Å².